The summed E-state index contributed by atoms with van der Waals surface area (Å²) in [6.07, 6.45) is 8.97. The van der Waals surface area contributed by atoms with Crippen LogP contribution in [0.4, 0.5) is 0 Å². The summed E-state index contributed by atoms with van der Waals surface area (Å²) in [6.45, 7) is 13.3. The van der Waals surface area contributed by atoms with Crippen LogP contribution in [0.15, 0.2) is 42.0 Å². The molecule has 0 aromatic heterocycles. The molecule has 7 heteroatoms. The Bertz CT molecular complexity index is 1610. The maximum Gasteiger partial charge on any atom is 0.174 e. The number of aliphatic hydroxyl groups is 1. The Labute approximate surface area is 273 Å². The second-order valence-corrected chi connectivity index (χ2v) is 16.1. The van der Waals surface area contributed by atoms with Crippen LogP contribution in [0.5, 0.6) is 17.2 Å². The first-order chi connectivity index (χ1) is 22.0. The van der Waals surface area contributed by atoms with E-state index in [2.05, 4.69) is 49.6 Å². The van der Waals surface area contributed by atoms with E-state index in [1.165, 1.54) is 36.0 Å². The van der Waals surface area contributed by atoms with E-state index in [1.807, 2.05) is 18.2 Å². The van der Waals surface area contributed by atoms with Crippen molar-refractivity contribution in [2.24, 2.45) is 11.8 Å². The van der Waals surface area contributed by atoms with Gasteiger partial charge in [0.2, 0.25) is 0 Å². The lowest BCUT2D eigenvalue weighted by Gasteiger charge is -2.62. The number of likely N-dealkylation sites (tertiary alicyclic amines) is 2. The summed E-state index contributed by atoms with van der Waals surface area (Å²) >= 11 is 0. The van der Waals surface area contributed by atoms with Crippen molar-refractivity contribution in [2.75, 3.05) is 26.2 Å². The second kappa shape index (κ2) is 10.6. The Morgan fingerprint density at radius 1 is 1.02 bits per heavy atom. The van der Waals surface area contributed by atoms with E-state index in [9.17, 15) is 20.1 Å². The standard InChI is InChI=1S/C20H23NO4.C19H27NO/c22-13-4-3-12-9-15-20(24)6-5-14(23)18-19(20,16(12)17(13)25-18)7-8-21(15)10-11-1-2-11;1-13(2)7-9-20-10-8-19(4)14(3)18(20)11-15-5-6-16(21)12-17(15)19/h3-4,11,15,18,22,24H,1-2,5-10H2;5-7,12,14,18,21H,8-11H2,1-4H3/t15-,18+,19+,20-;14-,18+,19+/m10/s1. The van der Waals surface area contributed by atoms with E-state index in [4.69, 9.17) is 4.74 Å². The van der Waals surface area contributed by atoms with E-state index >= 15 is 0 Å². The Morgan fingerprint density at radius 3 is 2.54 bits per heavy atom. The van der Waals surface area contributed by atoms with Gasteiger partial charge in [0.25, 0.3) is 0 Å². The minimum absolute atomic E-state index is 0.0454. The van der Waals surface area contributed by atoms with Crippen LogP contribution in [0.25, 0.3) is 0 Å². The van der Waals surface area contributed by atoms with E-state index < -0.39 is 17.1 Å². The molecule has 0 unspecified atom stereocenters. The first-order valence-corrected chi connectivity index (χ1v) is 17.7. The molecule has 2 aromatic carbocycles. The molecule has 46 heavy (non-hydrogen) atoms. The molecule has 0 amide bonds. The molecule has 9 rings (SSSR count). The fourth-order valence-corrected chi connectivity index (χ4v) is 10.5. The second-order valence-electron chi connectivity index (χ2n) is 16.1. The van der Waals surface area contributed by atoms with Crippen LogP contribution >= 0.6 is 0 Å². The number of fused-ring (bicyclic) bond motifs is 4. The predicted molar refractivity (Wildman–Crippen MR) is 178 cm³/mol. The summed E-state index contributed by atoms with van der Waals surface area (Å²) in [4.78, 5) is 17.8. The molecular formula is C39H50N2O5. The monoisotopic (exact) mass is 626 g/mol. The van der Waals surface area contributed by atoms with Crippen molar-refractivity contribution in [2.45, 2.75) is 114 Å². The van der Waals surface area contributed by atoms with Crippen molar-refractivity contribution in [3.8, 4) is 17.2 Å². The minimum Gasteiger partial charge on any atom is -0.508 e. The van der Waals surface area contributed by atoms with Gasteiger partial charge in [-0.05, 0) is 124 Å². The van der Waals surface area contributed by atoms with Crippen LogP contribution in [0, 0.1) is 11.8 Å². The lowest BCUT2D eigenvalue weighted by Crippen LogP contribution is -2.76. The van der Waals surface area contributed by atoms with Gasteiger partial charge in [-0.25, -0.2) is 0 Å². The third-order valence-corrected chi connectivity index (χ3v) is 13.4. The first kappa shape index (κ1) is 30.5. The minimum atomic E-state index is -0.940. The number of carbonyl (C=O) groups excluding carboxylic acids is 1. The third-order valence-electron chi connectivity index (χ3n) is 13.4. The predicted octanol–water partition coefficient (Wildman–Crippen LogP) is 5.41. The topological polar surface area (TPSA) is 93.5 Å². The molecule has 2 aromatic rings. The van der Waals surface area contributed by atoms with Crippen LogP contribution in [0.3, 0.4) is 0 Å². The van der Waals surface area contributed by atoms with Crippen LogP contribution in [-0.2, 0) is 28.5 Å². The quantitative estimate of drug-likeness (QED) is 0.391. The molecule has 7 nitrogen and oxygen atoms in total. The van der Waals surface area contributed by atoms with Gasteiger partial charge < -0.3 is 20.1 Å². The highest BCUT2D eigenvalue weighted by Gasteiger charge is 2.73. The molecule has 246 valence electrons. The number of benzene rings is 2. The summed E-state index contributed by atoms with van der Waals surface area (Å²) < 4.78 is 6.04. The maximum atomic E-state index is 12.7. The van der Waals surface area contributed by atoms with E-state index in [0.29, 0.717) is 36.3 Å². The van der Waals surface area contributed by atoms with Crippen molar-refractivity contribution in [3.63, 3.8) is 0 Å². The number of hydrogen-bond donors (Lipinski definition) is 3. The van der Waals surface area contributed by atoms with Crippen molar-refractivity contribution in [1.82, 2.24) is 9.80 Å². The molecule has 1 spiro atoms. The number of allylic oxidation sites excluding steroid dienone is 1. The maximum absolute atomic E-state index is 12.7. The Balaban J connectivity index is 0.000000138. The lowest BCUT2D eigenvalue weighted by molar-refractivity contribution is -0.188. The number of nitrogens with zero attached hydrogens (tertiary/aromatic N) is 2. The summed E-state index contributed by atoms with van der Waals surface area (Å²) in [6, 6.07) is 10.3. The molecule has 7 atom stereocenters. The van der Waals surface area contributed by atoms with Gasteiger partial charge in [0.05, 0.1) is 11.0 Å². The van der Waals surface area contributed by atoms with E-state index in [-0.39, 0.29) is 23.0 Å². The number of ketones is 1. The fraction of sp³-hybridized carbons (Fsp3) is 0.615. The highest BCUT2D eigenvalue weighted by atomic mass is 16.5. The highest BCUT2D eigenvalue weighted by molar-refractivity contribution is 5.90. The van der Waals surface area contributed by atoms with Crippen molar-refractivity contribution < 1.29 is 24.9 Å². The van der Waals surface area contributed by atoms with Crippen LogP contribution in [0.2, 0.25) is 0 Å². The number of ether oxygens (including phenoxy) is 1. The van der Waals surface area contributed by atoms with Gasteiger partial charge >= 0.3 is 0 Å². The van der Waals surface area contributed by atoms with E-state index in [0.717, 1.165) is 62.5 Å². The summed E-state index contributed by atoms with van der Waals surface area (Å²) in [5.41, 5.74) is 4.87. The van der Waals surface area contributed by atoms with Crippen LogP contribution in [0.1, 0.15) is 88.5 Å². The zero-order chi connectivity index (χ0) is 32.2. The third kappa shape index (κ3) is 4.30. The van der Waals surface area contributed by atoms with Gasteiger partial charge in [-0.2, -0.15) is 0 Å². The molecule has 2 saturated heterocycles. The van der Waals surface area contributed by atoms with Crippen LogP contribution in [-0.4, -0.2) is 80.9 Å². The molecule has 7 aliphatic rings. The normalized spacial score (nSPS) is 36.9. The first-order valence-electron chi connectivity index (χ1n) is 17.7. The molecule has 3 heterocycles. The molecule has 3 N–H and O–H groups in total. The smallest absolute Gasteiger partial charge is 0.174 e. The molecular weight excluding hydrogens is 576 g/mol. The molecule has 4 fully saturated rings. The van der Waals surface area contributed by atoms with Gasteiger partial charge in [-0.1, -0.05) is 37.6 Å². The van der Waals surface area contributed by atoms with Gasteiger partial charge in [0, 0.05) is 37.2 Å². The van der Waals surface area contributed by atoms with Gasteiger partial charge in [-0.15, -0.1) is 0 Å². The fourth-order valence-electron chi connectivity index (χ4n) is 10.5. The number of phenolic OH excluding ortho intramolecular Hbond substituents is 2. The number of Topliss-reactive ketones (excluding diaryl/α,β-unsaturated/α-hetero) is 1. The van der Waals surface area contributed by atoms with Gasteiger partial charge in [-0.3, -0.25) is 14.6 Å². The number of hydrogen-bond acceptors (Lipinski definition) is 7. The number of carbonyl (C=O) groups is 1. The zero-order valence-electron chi connectivity index (χ0n) is 27.9. The van der Waals surface area contributed by atoms with Crippen molar-refractivity contribution >= 4 is 5.78 Å². The number of piperidine rings is 2. The Morgan fingerprint density at radius 2 is 1.78 bits per heavy atom. The van der Waals surface area contributed by atoms with Gasteiger partial charge in [0.15, 0.2) is 23.4 Å². The molecule has 0 radical (unpaired) electrons. The summed E-state index contributed by atoms with van der Waals surface area (Å²) in [5.74, 6) is 2.43. The molecule has 3 aliphatic heterocycles. The lowest BCUT2D eigenvalue weighted by atomic mass is 9.49. The van der Waals surface area contributed by atoms with E-state index in [1.54, 1.807) is 6.07 Å². The SMILES string of the molecule is CC(C)=CCN1CC[C@@]2(C)c3cc(O)ccc3C[C@@H]1[C@@H]2C.O=C1CC[C@@]2(O)[C@H]3Cc4ccc(O)c5c4[C@@]2(CCN3CC2CC2)[C@H]1O5. The average molecular weight is 627 g/mol. The van der Waals surface area contributed by atoms with Gasteiger partial charge in [0.1, 0.15) is 5.75 Å². The average Bonchev–Trinajstić information content (AvgIpc) is 3.76. The number of rotatable bonds is 4. The molecule has 4 bridgehead atoms. The van der Waals surface area contributed by atoms with Crippen molar-refractivity contribution in [1.29, 1.82) is 0 Å². The summed E-state index contributed by atoms with van der Waals surface area (Å²) in [7, 11) is 0. The van der Waals surface area contributed by atoms with Crippen molar-refractivity contribution in [3.05, 3.63) is 64.2 Å². The largest absolute Gasteiger partial charge is 0.508 e. The number of phenols is 2. The Kier molecular flexibility index (Phi) is 7.00. The van der Waals surface area contributed by atoms with Crippen LogP contribution < -0.4 is 4.74 Å². The zero-order valence-corrected chi connectivity index (χ0v) is 27.9. The molecule has 2 saturated carbocycles. The highest BCUT2D eigenvalue weighted by Crippen LogP contribution is 2.65. The molecule has 4 aliphatic carbocycles. The Hall–Kier alpha value is -2.87. The summed E-state index contributed by atoms with van der Waals surface area (Å²) in [5, 5.41) is 32.2. The number of aromatic hydroxyl groups is 2.